The van der Waals surface area contributed by atoms with Crippen LogP contribution in [0, 0.1) is 5.41 Å². The van der Waals surface area contributed by atoms with Crippen LogP contribution in [-0.4, -0.2) is 31.0 Å². The Morgan fingerprint density at radius 1 is 1.56 bits per heavy atom. The number of carboxylic acids is 1. The molecule has 0 aromatic carbocycles. The average molecular weight is 272 g/mol. The maximum atomic E-state index is 11.9. The van der Waals surface area contributed by atoms with E-state index in [-0.39, 0.29) is 16.0 Å². The van der Waals surface area contributed by atoms with Gasteiger partial charge in [-0.3, -0.25) is 0 Å². The second-order valence-electron chi connectivity index (χ2n) is 5.04. The molecule has 0 bridgehead atoms. The van der Waals surface area contributed by atoms with Gasteiger partial charge in [-0.2, -0.15) is 0 Å². The lowest BCUT2D eigenvalue weighted by molar-refractivity contribution is 0.0691. The maximum Gasteiger partial charge on any atom is 0.352 e. The topological polar surface area (TPSA) is 99.3 Å². The zero-order chi connectivity index (χ0) is 13.4. The number of aromatic nitrogens is 1. The Morgan fingerprint density at radius 2 is 2.22 bits per heavy atom. The van der Waals surface area contributed by atoms with Crippen molar-refractivity contribution in [2.45, 2.75) is 31.1 Å². The largest absolute Gasteiger partial charge is 0.477 e. The first-order valence-corrected chi connectivity index (χ1v) is 7.22. The Morgan fingerprint density at radius 3 is 2.67 bits per heavy atom. The van der Waals surface area contributed by atoms with E-state index in [2.05, 4.69) is 9.71 Å². The van der Waals surface area contributed by atoms with Crippen LogP contribution in [0.1, 0.15) is 36.7 Å². The van der Waals surface area contributed by atoms with Crippen molar-refractivity contribution < 1.29 is 18.3 Å². The van der Waals surface area contributed by atoms with Gasteiger partial charge in [0.15, 0.2) is 0 Å². The molecule has 0 radical (unpaired) electrons. The summed E-state index contributed by atoms with van der Waals surface area (Å²) in [5.74, 6) is -1.18. The summed E-state index contributed by atoms with van der Waals surface area (Å²) in [7, 11) is -3.63. The molecule has 7 heteroatoms. The number of nitrogens with one attached hydrogen (secondary N) is 2. The van der Waals surface area contributed by atoms with E-state index >= 15 is 0 Å². The molecule has 1 aromatic heterocycles. The van der Waals surface area contributed by atoms with E-state index in [1.807, 2.05) is 6.92 Å². The Bertz CT molecular complexity index is 557. The lowest BCUT2D eigenvalue weighted by atomic mass is 9.71. The Labute approximate surface area is 105 Å². The van der Waals surface area contributed by atoms with Crippen LogP contribution in [0.2, 0.25) is 0 Å². The molecule has 6 nitrogen and oxygen atoms in total. The zero-order valence-corrected chi connectivity index (χ0v) is 10.9. The van der Waals surface area contributed by atoms with Crippen molar-refractivity contribution in [3.63, 3.8) is 0 Å². The van der Waals surface area contributed by atoms with Gasteiger partial charge < -0.3 is 10.1 Å². The second kappa shape index (κ2) is 4.40. The molecule has 1 heterocycles. The standard InChI is InChI=1S/C11H16N2O4S/c1-11(3-2-4-11)7-13-18(16,17)8-5-9(10(14)15)12-6-8/h5-6,12-13H,2-4,7H2,1H3,(H,14,15). The van der Waals surface area contributed by atoms with Gasteiger partial charge in [-0.15, -0.1) is 0 Å². The van der Waals surface area contributed by atoms with Crippen molar-refractivity contribution in [1.29, 1.82) is 0 Å². The van der Waals surface area contributed by atoms with Crippen molar-refractivity contribution in [2.75, 3.05) is 6.54 Å². The number of hydrogen-bond acceptors (Lipinski definition) is 3. The number of rotatable bonds is 5. The minimum absolute atomic E-state index is 0.0391. The van der Waals surface area contributed by atoms with Crippen LogP contribution in [0.5, 0.6) is 0 Å². The van der Waals surface area contributed by atoms with Crippen LogP contribution in [0.15, 0.2) is 17.2 Å². The molecule has 2 rings (SSSR count). The maximum absolute atomic E-state index is 11.9. The minimum atomic E-state index is -3.63. The Hall–Kier alpha value is -1.34. The van der Waals surface area contributed by atoms with Crippen molar-refractivity contribution in [1.82, 2.24) is 9.71 Å². The van der Waals surface area contributed by atoms with Crippen molar-refractivity contribution >= 4 is 16.0 Å². The average Bonchev–Trinajstić information content (AvgIpc) is 2.73. The van der Waals surface area contributed by atoms with Gasteiger partial charge in [0, 0.05) is 12.7 Å². The number of carbonyl (C=O) groups is 1. The summed E-state index contributed by atoms with van der Waals surface area (Å²) >= 11 is 0. The quantitative estimate of drug-likeness (QED) is 0.749. The monoisotopic (exact) mass is 272 g/mol. The third kappa shape index (κ3) is 2.56. The van der Waals surface area contributed by atoms with Crippen LogP contribution in [-0.2, 0) is 10.0 Å². The summed E-state index contributed by atoms with van der Waals surface area (Å²) in [5, 5.41) is 8.72. The number of H-pyrrole nitrogens is 1. The van der Waals surface area contributed by atoms with Gasteiger partial charge in [-0.25, -0.2) is 17.9 Å². The fourth-order valence-corrected chi connectivity index (χ4v) is 3.16. The molecule has 0 amide bonds. The molecule has 1 fully saturated rings. The highest BCUT2D eigenvalue weighted by atomic mass is 32.2. The van der Waals surface area contributed by atoms with Gasteiger partial charge in [0.25, 0.3) is 0 Å². The highest BCUT2D eigenvalue weighted by Crippen LogP contribution is 2.39. The molecule has 100 valence electrons. The van der Waals surface area contributed by atoms with Crippen molar-refractivity contribution in [2.24, 2.45) is 5.41 Å². The van der Waals surface area contributed by atoms with Crippen LogP contribution in [0.3, 0.4) is 0 Å². The zero-order valence-electron chi connectivity index (χ0n) is 10.1. The minimum Gasteiger partial charge on any atom is -0.477 e. The molecule has 0 atom stereocenters. The van der Waals surface area contributed by atoms with Gasteiger partial charge in [-0.1, -0.05) is 13.3 Å². The van der Waals surface area contributed by atoms with Crippen LogP contribution < -0.4 is 4.72 Å². The molecule has 0 unspecified atom stereocenters. The van der Waals surface area contributed by atoms with E-state index in [0.717, 1.165) is 25.3 Å². The summed E-state index contributed by atoms with van der Waals surface area (Å²) in [6.45, 7) is 2.43. The number of aromatic amines is 1. The third-order valence-electron chi connectivity index (χ3n) is 3.45. The summed E-state index contributed by atoms with van der Waals surface area (Å²) in [5.41, 5.74) is -0.0934. The van der Waals surface area contributed by atoms with E-state index < -0.39 is 16.0 Å². The van der Waals surface area contributed by atoms with E-state index in [0.29, 0.717) is 6.54 Å². The highest BCUT2D eigenvalue weighted by Gasteiger charge is 2.33. The Kier molecular flexibility index (Phi) is 3.20. The van der Waals surface area contributed by atoms with E-state index in [4.69, 9.17) is 5.11 Å². The van der Waals surface area contributed by atoms with E-state index in [1.165, 1.54) is 6.20 Å². The van der Waals surface area contributed by atoms with E-state index in [9.17, 15) is 13.2 Å². The molecule has 1 aliphatic rings. The number of sulfonamides is 1. The first-order valence-electron chi connectivity index (χ1n) is 5.74. The number of carboxylic acid groups (broad SMARTS) is 1. The van der Waals surface area contributed by atoms with Crippen molar-refractivity contribution in [3.05, 3.63) is 18.0 Å². The third-order valence-corrected chi connectivity index (χ3v) is 4.83. The SMILES string of the molecule is CC1(CNS(=O)(=O)c2c[nH]c(C(=O)O)c2)CCC1. The molecule has 1 aromatic rings. The fourth-order valence-electron chi connectivity index (χ4n) is 1.96. The summed E-state index contributed by atoms with van der Waals surface area (Å²) in [6.07, 6.45) is 4.35. The number of hydrogen-bond donors (Lipinski definition) is 3. The lowest BCUT2D eigenvalue weighted by Gasteiger charge is -2.38. The normalized spacial score (nSPS) is 18.3. The summed E-state index contributed by atoms with van der Waals surface area (Å²) in [6, 6.07) is 1.12. The van der Waals surface area contributed by atoms with E-state index in [1.54, 1.807) is 0 Å². The highest BCUT2D eigenvalue weighted by molar-refractivity contribution is 7.89. The molecule has 3 N–H and O–H groups in total. The molecule has 18 heavy (non-hydrogen) atoms. The van der Waals surface area contributed by atoms with Crippen LogP contribution >= 0.6 is 0 Å². The van der Waals surface area contributed by atoms with Crippen LogP contribution in [0.4, 0.5) is 0 Å². The molecule has 1 aliphatic carbocycles. The fraction of sp³-hybridized carbons (Fsp3) is 0.545. The molecule has 0 aliphatic heterocycles. The summed E-state index contributed by atoms with van der Waals surface area (Å²) < 4.78 is 26.4. The predicted molar refractivity (Wildman–Crippen MR) is 64.9 cm³/mol. The van der Waals surface area contributed by atoms with Gasteiger partial charge in [-0.05, 0) is 24.3 Å². The first-order chi connectivity index (χ1) is 8.32. The lowest BCUT2D eigenvalue weighted by Crippen LogP contribution is -2.39. The van der Waals surface area contributed by atoms with Gasteiger partial charge in [0.2, 0.25) is 10.0 Å². The molecule has 1 saturated carbocycles. The number of aromatic carboxylic acids is 1. The second-order valence-corrected chi connectivity index (χ2v) is 6.81. The van der Waals surface area contributed by atoms with Gasteiger partial charge in [0.05, 0.1) is 0 Å². The predicted octanol–water partition coefficient (Wildman–Crippen LogP) is 1.18. The van der Waals surface area contributed by atoms with Crippen LogP contribution in [0.25, 0.3) is 0 Å². The van der Waals surface area contributed by atoms with Gasteiger partial charge >= 0.3 is 5.97 Å². The van der Waals surface area contributed by atoms with Crippen molar-refractivity contribution in [3.8, 4) is 0 Å². The molecular weight excluding hydrogens is 256 g/mol. The van der Waals surface area contributed by atoms with Gasteiger partial charge in [0.1, 0.15) is 10.6 Å². The molecule has 0 spiro atoms. The molecule has 0 saturated heterocycles. The first kappa shape index (κ1) is 13.1. The Balaban J connectivity index is 2.07. The smallest absolute Gasteiger partial charge is 0.352 e. The summed E-state index contributed by atoms with van der Waals surface area (Å²) in [4.78, 5) is 13.0. The molecular formula is C11H16N2O4S.